The maximum absolute atomic E-state index is 13.9. The van der Waals surface area contributed by atoms with Crippen molar-refractivity contribution in [3.8, 4) is 23.0 Å². The van der Waals surface area contributed by atoms with Gasteiger partial charge in [0.1, 0.15) is 0 Å². The molecule has 0 unspecified atom stereocenters. The van der Waals surface area contributed by atoms with Crippen LogP contribution in [0.2, 0.25) is 10.0 Å². The van der Waals surface area contributed by atoms with Crippen molar-refractivity contribution in [1.29, 1.82) is 0 Å². The molecule has 0 fully saturated rings. The number of amides is 2. The monoisotopic (exact) mass is 1170 g/mol. The third-order valence-corrected chi connectivity index (χ3v) is 17.1. The maximum atomic E-state index is 13.9. The molecular formula is C57H46Cl2N6O10S4. The van der Waals surface area contributed by atoms with Gasteiger partial charge in [0.15, 0.2) is 33.3 Å². The SMILES string of the molecule is COc1ccc(N(C(=O)c2ccccc2Cl)c2nc3ccc(NS(=O)(=O)Cc4ccccc4)cc3s2)cc1OC.COc1ccc(N(C(=O)c2ccccc2Cl)c2nc3ccc(NS(=O)(=O)c4ccccc4)cc3s2)cc1OC. The molecule has 0 bridgehead atoms. The molecule has 402 valence electrons. The van der Waals surface area contributed by atoms with Gasteiger partial charge in [-0.3, -0.25) is 28.8 Å². The number of fused-ring (bicyclic) bond motifs is 2. The molecule has 0 aliphatic rings. The number of hydrogen-bond acceptors (Lipinski definition) is 14. The van der Waals surface area contributed by atoms with Crippen LogP contribution in [0.4, 0.5) is 33.0 Å². The molecule has 0 radical (unpaired) electrons. The fourth-order valence-electron chi connectivity index (χ4n) is 8.03. The number of methoxy groups -OCH3 is 4. The van der Waals surface area contributed by atoms with E-state index in [2.05, 4.69) is 9.44 Å². The maximum Gasteiger partial charge on any atom is 0.266 e. The highest BCUT2D eigenvalue weighted by Gasteiger charge is 2.28. The number of sulfonamides is 2. The van der Waals surface area contributed by atoms with Gasteiger partial charge in [-0.25, -0.2) is 26.8 Å². The zero-order chi connectivity index (χ0) is 55.8. The molecular weight excluding hydrogens is 1130 g/mol. The van der Waals surface area contributed by atoms with Gasteiger partial charge >= 0.3 is 0 Å². The van der Waals surface area contributed by atoms with E-state index in [4.69, 9.17) is 52.1 Å². The third-order valence-electron chi connectivity index (χ3n) is 11.8. The molecule has 2 N–H and O–H groups in total. The summed E-state index contributed by atoms with van der Waals surface area (Å²) in [5.41, 5.74) is 4.22. The first-order valence-electron chi connectivity index (χ1n) is 23.6. The van der Waals surface area contributed by atoms with Crippen molar-refractivity contribution in [2.24, 2.45) is 0 Å². The Kier molecular flexibility index (Phi) is 17.0. The van der Waals surface area contributed by atoms with Gasteiger partial charge in [0.2, 0.25) is 10.0 Å². The van der Waals surface area contributed by atoms with Crippen molar-refractivity contribution in [1.82, 2.24) is 9.97 Å². The molecule has 2 amide bonds. The number of carbonyl (C=O) groups is 2. The summed E-state index contributed by atoms with van der Waals surface area (Å²) < 4.78 is 79.4. The summed E-state index contributed by atoms with van der Waals surface area (Å²) in [5.74, 6) is 0.953. The Hall–Kier alpha value is -8.24. The lowest BCUT2D eigenvalue weighted by molar-refractivity contribution is 0.0991. The molecule has 22 heteroatoms. The number of halogens is 2. The van der Waals surface area contributed by atoms with Crippen molar-refractivity contribution < 1.29 is 45.4 Å². The molecule has 0 saturated carbocycles. The summed E-state index contributed by atoms with van der Waals surface area (Å²) in [6.07, 6.45) is 0. The standard InChI is InChI=1S/C29H24ClN3O5S2.C28H22ClN3O5S2/c1-37-25-15-13-21(17-26(25)38-2)33(28(34)22-10-6-7-11-23(22)30)29-31-24-14-12-20(16-27(24)39-29)32-40(35,36)18-19-8-4-3-5-9-19;1-36-24-15-13-19(17-25(24)37-2)32(27(33)21-10-6-7-11-22(21)29)28-30-23-14-12-18(16-26(23)38-28)31-39(34,35)20-8-4-3-5-9-20/h3-17,32H,18H2,1-2H3;3-17,31H,1-2H3. The van der Waals surface area contributed by atoms with Crippen LogP contribution in [-0.2, 0) is 25.8 Å². The minimum Gasteiger partial charge on any atom is -0.493 e. The molecule has 10 aromatic rings. The molecule has 10 rings (SSSR count). The van der Waals surface area contributed by atoms with Gasteiger partial charge in [-0.15, -0.1) is 0 Å². The molecule has 0 aliphatic heterocycles. The molecule has 2 heterocycles. The predicted molar refractivity (Wildman–Crippen MR) is 314 cm³/mol. The fraction of sp³-hybridized carbons (Fsp3) is 0.0877. The molecule has 8 aromatic carbocycles. The fourth-order valence-corrected chi connectivity index (χ4v) is 12.8. The average Bonchev–Trinajstić information content (AvgIpc) is 4.18. The van der Waals surface area contributed by atoms with Crippen LogP contribution in [-0.4, -0.2) is 67.1 Å². The topological polar surface area (TPSA) is 196 Å². The van der Waals surface area contributed by atoms with E-state index in [0.717, 1.165) is 0 Å². The Morgan fingerprint density at radius 2 is 0.911 bits per heavy atom. The second kappa shape index (κ2) is 24.2. The van der Waals surface area contributed by atoms with Crippen molar-refractivity contribution in [3.63, 3.8) is 0 Å². The number of aromatic nitrogens is 2. The number of thiazole rings is 2. The first-order valence-corrected chi connectivity index (χ1v) is 29.2. The molecule has 0 atom stereocenters. The summed E-state index contributed by atoms with van der Waals surface area (Å²) in [5, 5.41) is 1.34. The zero-order valence-electron chi connectivity index (χ0n) is 42.3. The molecule has 2 aromatic heterocycles. The highest BCUT2D eigenvalue weighted by atomic mass is 35.5. The van der Waals surface area contributed by atoms with E-state index in [-0.39, 0.29) is 16.6 Å². The molecule has 0 spiro atoms. The highest BCUT2D eigenvalue weighted by Crippen LogP contribution is 2.42. The smallest absolute Gasteiger partial charge is 0.266 e. The second-order valence-electron chi connectivity index (χ2n) is 16.9. The Morgan fingerprint density at radius 1 is 0.494 bits per heavy atom. The Balaban J connectivity index is 0.000000192. The lowest BCUT2D eigenvalue weighted by Crippen LogP contribution is -2.26. The van der Waals surface area contributed by atoms with Gasteiger partial charge in [-0.05, 0) is 103 Å². The van der Waals surface area contributed by atoms with Crippen LogP contribution < -0.4 is 38.2 Å². The number of hydrogen-bond donors (Lipinski definition) is 2. The molecule has 0 aliphatic carbocycles. The van der Waals surface area contributed by atoms with E-state index in [1.54, 1.807) is 164 Å². The molecule has 16 nitrogen and oxygen atoms in total. The predicted octanol–water partition coefficient (Wildman–Crippen LogP) is 13.6. The quantitative estimate of drug-likeness (QED) is 0.0877. The average molecular weight is 1170 g/mol. The Labute approximate surface area is 473 Å². The van der Waals surface area contributed by atoms with E-state index in [0.29, 0.717) is 103 Å². The van der Waals surface area contributed by atoms with Crippen LogP contribution in [0.1, 0.15) is 26.3 Å². The number of rotatable bonds is 17. The normalized spacial score (nSPS) is 11.3. The third kappa shape index (κ3) is 12.7. The van der Waals surface area contributed by atoms with E-state index in [1.807, 2.05) is 6.07 Å². The lowest BCUT2D eigenvalue weighted by atomic mass is 10.1. The van der Waals surface area contributed by atoms with Crippen LogP contribution in [0.5, 0.6) is 23.0 Å². The Bertz CT molecular complexity index is 4090. The zero-order valence-corrected chi connectivity index (χ0v) is 47.1. The van der Waals surface area contributed by atoms with Gasteiger partial charge in [-0.1, -0.05) is 119 Å². The second-order valence-corrected chi connectivity index (χ2v) is 23.2. The highest BCUT2D eigenvalue weighted by molar-refractivity contribution is 7.92. The van der Waals surface area contributed by atoms with E-state index < -0.39 is 26.0 Å². The van der Waals surface area contributed by atoms with E-state index in [1.165, 1.54) is 73.0 Å². The minimum atomic E-state index is -3.77. The van der Waals surface area contributed by atoms with Crippen LogP contribution in [0.25, 0.3) is 20.4 Å². The van der Waals surface area contributed by atoms with Gasteiger partial charge in [0.05, 0.1) is 103 Å². The van der Waals surface area contributed by atoms with E-state index in [9.17, 15) is 26.4 Å². The van der Waals surface area contributed by atoms with Gasteiger partial charge in [-0.2, -0.15) is 0 Å². The van der Waals surface area contributed by atoms with Crippen molar-refractivity contribution >= 4 is 131 Å². The first kappa shape index (κ1) is 55.5. The van der Waals surface area contributed by atoms with E-state index >= 15 is 0 Å². The van der Waals surface area contributed by atoms with Crippen LogP contribution in [0, 0.1) is 0 Å². The van der Waals surface area contributed by atoms with Gasteiger partial charge < -0.3 is 18.9 Å². The Morgan fingerprint density at radius 3 is 1.35 bits per heavy atom. The summed E-state index contributed by atoms with van der Waals surface area (Å²) in [7, 11) is -1.34. The van der Waals surface area contributed by atoms with Gasteiger partial charge in [0.25, 0.3) is 21.8 Å². The number of anilines is 6. The summed E-state index contributed by atoms with van der Waals surface area (Å²) in [6.45, 7) is 0. The largest absolute Gasteiger partial charge is 0.493 e. The minimum absolute atomic E-state index is 0.153. The summed E-state index contributed by atoms with van der Waals surface area (Å²) >= 11 is 15.2. The van der Waals surface area contributed by atoms with Crippen molar-refractivity contribution in [2.45, 2.75) is 10.6 Å². The van der Waals surface area contributed by atoms with Crippen LogP contribution >= 0.6 is 45.9 Å². The number of carbonyl (C=O) groups excluding carboxylic acids is 2. The molecule has 0 saturated heterocycles. The first-order chi connectivity index (χ1) is 38.1. The number of nitrogens with zero attached hydrogens (tertiary/aromatic N) is 4. The van der Waals surface area contributed by atoms with Crippen molar-refractivity contribution in [3.05, 3.63) is 209 Å². The summed E-state index contributed by atoms with van der Waals surface area (Å²) in [6, 6.07) is 50.9. The molecule has 79 heavy (non-hydrogen) atoms. The lowest BCUT2D eigenvalue weighted by Gasteiger charge is -2.22. The van der Waals surface area contributed by atoms with Crippen LogP contribution in [0.15, 0.2) is 187 Å². The van der Waals surface area contributed by atoms with Crippen molar-refractivity contribution in [2.75, 3.05) is 47.7 Å². The number of nitrogens with one attached hydrogen (secondary N) is 2. The van der Waals surface area contributed by atoms with Crippen LogP contribution in [0.3, 0.4) is 0 Å². The summed E-state index contributed by atoms with van der Waals surface area (Å²) in [4.78, 5) is 40.2. The number of benzene rings is 8. The van der Waals surface area contributed by atoms with Gasteiger partial charge in [0, 0.05) is 12.1 Å². The number of ether oxygens (including phenoxy) is 4.